The monoisotopic (exact) mass is 222 g/mol. The van der Waals surface area contributed by atoms with Crippen LogP contribution in [0.15, 0.2) is 54.7 Å². The maximum absolute atomic E-state index is 3.42. The molecular formula is C15H14N2. The van der Waals surface area contributed by atoms with Crippen molar-refractivity contribution in [2.75, 3.05) is 5.32 Å². The highest BCUT2D eigenvalue weighted by molar-refractivity contribution is 5.93. The first-order valence-corrected chi connectivity index (χ1v) is 5.73. The highest BCUT2D eigenvalue weighted by Crippen LogP contribution is 2.25. The van der Waals surface area contributed by atoms with Gasteiger partial charge in [0.25, 0.3) is 0 Å². The van der Waals surface area contributed by atoms with Crippen LogP contribution in [-0.4, -0.2) is 4.98 Å². The molecule has 2 heteroatoms. The topological polar surface area (TPSA) is 27.8 Å². The zero-order chi connectivity index (χ0) is 11.7. The summed E-state index contributed by atoms with van der Waals surface area (Å²) in [6.07, 6.45) is 2.00. The number of aryl methyl sites for hydroxylation is 1. The molecule has 0 amide bonds. The molecule has 0 atom stereocenters. The number of benzene rings is 2. The maximum atomic E-state index is 3.42. The number of aromatic nitrogens is 1. The molecule has 1 aromatic heterocycles. The number of rotatable bonds is 2. The largest absolute Gasteiger partial charge is 0.359 e. The van der Waals surface area contributed by atoms with E-state index in [0.29, 0.717) is 0 Å². The molecule has 0 spiro atoms. The number of para-hydroxylation sites is 1. The van der Waals surface area contributed by atoms with Crippen LogP contribution in [-0.2, 0) is 0 Å². The van der Waals surface area contributed by atoms with Gasteiger partial charge in [-0.05, 0) is 25.1 Å². The highest BCUT2D eigenvalue weighted by atomic mass is 14.9. The first kappa shape index (κ1) is 9.97. The van der Waals surface area contributed by atoms with E-state index in [-0.39, 0.29) is 0 Å². The number of fused-ring (bicyclic) bond motifs is 1. The van der Waals surface area contributed by atoms with Crippen LogP contribution < -0.4 is 5.32 Å². The van der Waals surface area contributed by atoms with E-state index in [1.165, 1.54) is 10.9 Å². The second kappa shape index (κ2) is 3.98. The van der Waals surface area contributed by atoms with Gasteiger partial charge in [-0.3, -0.25) is 0 Å². The number of hydrogen-bond donors (Lipinski definition) is 2. The van der Waals surface area contributed by atoms with Crippen molar-refractivity contribution < 1.29 is 0 Å². The molecule has 0 saturated heterocycles. The quantitative estimate of drug-likeness (QED) is 0.667. The summed E-state index contributed by atoms with van der Waals surface area (Å²) in [6.45, 7) is 2.09. The second-order valence-corrected chi connectivity index (χ2v) is 4.24. The van der Waals surface area contributed by atoms with Crippen molar-refractivity contribution in [3.8, 4) is 0 Å². The van der Waals surface area contributed by atoms with Crippen molar-refractivity contribution in [3.05, 3.63) is 60.3 Å². The van der Waals surface area contributed by atoms with Crippen LogP contribution in [0.3, 0.4) is 0 Å². The van der Waals surface area contributed by atoms with Gasteiger partial charge < -0.3 is 10.3 Å². The zero-order valence-corrected chi connectivity index (χ0v) is 9.70. The molecule has 84 valence electrons. The van der Waals surface area contributed by atoms with E-state index in [1.54, 1.807) is 0 Å². The summed E-state index contributed by atoms with van der Waals surface area (Å²) in [5, 5.41) is 4.64. The Labute approximate surface area is 100 Å². The fourth-order valence-electron chi connectivity index (χ4n) is 1.97. The minimum absolute atomic E-state index is 1.11. The standard InChI is InChI=1S/C15H14N2/c1-11-6-8-12(9-7-11)17-15-10-16-14-5-3-2-4-13(14)15/h2-10,16-17H,1H3. The van der Waals surface area contributed by atoms with Crippen molar-refractivity contribution in [3.63, 3.8) is 0 Å². The molecule has 0 aliphatic heterocycles. The molecule has 0 aliphatic carbocycles. The third-order valence-corrected chi connectivity index (χ3v) is 2.92. The molecule has 0 radical (unpaired) electrons. The molecule has 3 aromatic rings. The van der Waals surface area contributed by atoms with Crippen molar-refractivity contribution in [2.24, 2.45) is 0 Å². The third kappa shape index (κ3) is 1.89. The van der Waals surface area contributed by atoms with E-state index in [1.807, 2.05) is 12.3 Å². The lowest BCUT2D eigenvalue weighted by Crippen LogP contribution is -1.88. The maximum Gasteiger partial charge on any atom is 0.0641 e. The van der Waals surface area contributed by atoms with E-state index >= 15 is 0 Å². The van der Waals surface area contributed by atoms with Crippen LogP contribution >= 0.6 is 0 Å². The van der Waals surface area contributed by atoms with E-state index < -0.39 is 0 Å². The first-order valence-electron chi connectivity index (χ1n) is 5.73. The molecule has 3 rings (SSSR count). The minimum atomic E-state index is 1.11. The number of anilines is 2. The van der Waals surface area contributed by atoms with E-state index in [2.05, 4.69) is 59.7 Å². The second-order valence-electron chi connectivity index (χ2n) is 4.24. The molecule has 0 unspecified atom stereocenters. The van der Waals surface area contributed by atoms with E-state index in [9.17, 15) is 0 Å². The highest BCUT2D eigenvalue weighted by Gasteiger charge is 2.02. The lowest BCUT2D eigenvalue weighted by atomic mass is 10.2. The summed E-state index contributed by atoms with van der Waals surface area (Å²) in [4.78, 5) is 3.26. The molecule has 1 heterocycles. The third-order valence-electron chi connectivity index (χ3n) is 2.92. The summed E-state index contributed by atoms with van der Waals surface area (Å²) in [5.41, 5.74) is 4.65. The van der Waals surface area contributed by atoms with Gasteiger partial charge in [0.1, 0.15) is 0 Å². The fraction of sp³-hybridized carbons (Fsp3) is 0.0667. The molecule has 0 aliphatic rings. The number of nitrogens with one attached hydrogen (secondary N) is 2. The average molecular weight is 222 g/mol. The van der Waals surface area contributed by atoms with Crippen molar-refractivity contribution in [1.29, 1.82) is 0 Å². The van der Waals surface area contributed by atoms with Gasteiger partial charge >= 0.3 is 0 Å². The number of aromatic amines is 1. The SMILES string of the molecule is Cc1ccc(Nc2c[nH]c3ccccc23)cc1. The predicted molar refractivity (Wildman–Crippen MR) is 72.8 cm³/mol. The van der Waals surface area contributed by atoms with Crippen LogP contribution in [0.2, 0.25) is 0 Å². The molecule has 0 fully saturated rings. The van der Waals surface area contributed by atoms with Crippen molar-refractivity contribution >= 4 is 22.3 Å². The minimum Gasteiger partial charge on any atom is -0.359 e. The Hall–Kier alpha value is -2.22. The molecule has 2 aromatic carbocycles. The van der Waals surface area contributed by atoms with Gasteiger partial charge in [0.15, 0.2) is 0 Å². The van der Waals surface area contributed by atoms with Crippen LogP contribution in [0.4, 0.5) is 11.4 Å². The molecular weight excluding hydrogens is 208 g/mol. The Kier molecular flexibility index (Phi) is 2.33. The normalized spacial score (nSPS) is 10.6. The van der Waals surface area contributed by atoms with Crippen LogP contribution in [0.1, 0.15) is 5.56 Å². The van der Waals surface area contributed by atoms with Crippen molar-refractivity contribution in [2.45, 2.75) is 6.92 Å². The summed E-state index contributed by atoms with van der Waals surface area (Å²) < 4.78 is 0. The predicted octanol–water partition coefficient (Wildman–Crippen LogP) is 4.22. The molecule has 2 nitrogen and oxygen atoms in total. The molecule has 0 bridgehead atoms. The van der Waals surface area contributed by atoms with Crippen LogP contribution in [0.25, 0.3) is 10.9 Å². The Morgan fingerprint density at radius 3 is 2.53 bits per heavy atom. The van der Waals surface area contributed by atoms with Crippen molar-refractivity contribution in [1.82, 2.24) is 4.98 Å². The van der Waals surface area contributed by atoms with Crippen LogP contribution in [0, 0.1) is 6.92 Å². The smallest absolute Gasteiger partial charge is 0.0641 e. The Balaban J connectivity index is 1.97. The fourth-order valence-corrected chi connectivity index (χ4v) is 1.97. The summed E-state index contributed by atoms with van der Waals surface area (Å²) in [6, 6.07) is 16.7. The zero-order valence-electron chi connectivity index (χ0n) is 9.70. The molecule has 2 N–H and O–H groups in total. The van der Waals surface area contributed by atoms with Gasteiger partial charge in [0, 0.05) is 22.8 Å². The van der Waals surface area contributed by atoms with Gasteiger partial charge in [-0.2, -0.15) is 0 Å². The Bertz CT molecular complexity index is 635. The Morgan fingerprint density at radius 2 is 1.71 bits per heavy atom. The van der Waals surface area contributed by atoms with Gasteiger partial charge in [-0.25, -0.2) is 0 Å². The van der Waals surface area contributed by atoms with Crippen LogP contribution in [0.5, 0.6) is 0 Å². The van der Waals surface area contributed by atoms with Gasteiger partial charge in [-0.15, -0.1) is 0 Å². The number of hydrogen-bond acceptors (Lipinski definition) is 1. The lowest BCUT2D eigenvalue weighted by Gasteiger charge is -2.05. The molecule has 0 saturated carbocycles. The summed E-state index contributed by atoms with van der Waals surface area (Å²) >= 11 is 0. The first-order chi connectivity index (χ1) is 8.33. The molecule has 17 heavy (non-hydrogen) atoms. The lowest BCUT2D eigenvalue weighted by molar-refractivity contribution is 1.44. The summed E-state index contributed by atoms with van der Waals surface area (Å²) in [7, 11) is 0. The average Bonchev–Trinajstić information content (AvgIpc) is 2.76. The van der Waals surface area contributed by atoms with Gasteiger partial charge in [-0.1, -0.05) is 35.9 Å². The van der Waals surface area contributed by atoms with Gasteiger partial charge in [0.05, 0.1) is 5.69 Å². The van der Waals surface area contributed by atoms with Gasteiger partial charge in [0.2, 0.25) is 0 Å². The van der Waals surface area contributed by atoms with E-state index in [0.717, 1.165) is 16.9 Å². The summed E-state index contributed by atoms with van der Waals surface area (Å²) in [5.74, 6) is 0. The van der Waals surface area contributed by atoms with E-state index in [4.69, 9.17) is 0 Å². The number of H-pyrrole nitrogens is 1. The Morgan fingerprint density at radius 1 is 0.941 bits per heavy atom.